The Morgan fingerprint density at radius 3 is 2.67 bits per heavy atom. The van der Waals surface area contributed by atoms with Crippen LogP contribution >= 0.6 is 12.4 Å². The summed E-state index contributed by atoms with van der Waals surface area (Å²) < 4.78 is 4.79. The molecule has 0 aliphatic rings. The van der Waals surface area contributed by atoms with E-state index in [1.54, 1.807) is 6.92 Å². The molecule has 0 radical (unpaired) electrons. The van der Waals surface area contributed by atoms with Crippen LogP contribution in [0.25, 0.3) is 0 Å². The molecule has 0 amide bonds. The van der Waals surface area contributed by atoms with E-state index in [1.807, 2.05) is 0 Å². The highest BCUT2D eigenvalue weighted by Gasteiger charge is 2.10. The molecule has 4 nitrogen and oxygen atoms in total. The molecule has 0 saturated heterocycles. The van der Waals surface area contributed by atoms with Gasteiger partial charge in [-0.2, -0.15) is 4.98 Å². The molecule has 0 saturated carbocycles. The Labute approximate surface area is 77.9 Å². The maximum Gasteiger partial charge on any atom is 0.223 e. The van der Waals surface area contributed by atoms with E-state index in [2.05, 4.69) is 17.1 Å². The standard InChI is InChI=1S/C7H13N3O.ClH/c1-3-4-6(8)7-9-5(2)11-10-7;/h6H,3-4,8H2,1-2H3;1H. The minimum Gasteiger partial charge on any atom is -0.340 e. The quantitative estimate of drug-likeness (QED) is 0.788. The predicted molar refractivity (Wildman–Crippen MR) is 48.1 cm³/mol. The number of hydrogen-bond acceptors (Lipinski definition) is 4. The lowest BCUT2D eigenvalue weighted by molar-refractivity contribution is 0.381. The van der Waals surface area contributed by atoms with Crippen LogP contribution in [0.3, 0.4) is 0 Å². The smallest absolute Gasteiger partial charge is 0.223 e. The van der Waals surface area contributed by atoms with Crippen LogP contribution in [0.15, 0.2) is 4.52 Å². The summed E-state index contributed by atoms with van der Waals surface area (Å²) in [5.41, 5.74) is 5.73. The summed E-state index contributed by atoms with van der Waals surface area (Å²) in [6.45, 7) is 3.84. The summed E-state index contributed by atoms with van der Waals surface area (Å²) in [7, 11) is 0. The number of aromatic nitrogens is 2. The van der Waals surface area contributed by atoms with Gasteiger partial charge in [0.05, 0.1) is 6.04 Å². The zero-order valence-electron chi connectivity index (χ0n) is 7.28. The molecule has 5 heteroatoms. The van der Waals surface area contributed by atoms with Gasteiger partial charge in [-0.05, 0) is 6.42 Å². The molecule has 1 rings (SSSR count). The van der Waals surface area contributed by atoms with E-state index in [-0.39, 0.29) is 18.4 Å². The van der Waals surface area contributed by atoms with Crippen LogP contribution in [0, 0.1) is 6.92 Å². The maximum atomic E-state index is 5.73. The van der Waals surface area contributed by atoms with Crippen molar-refractivity contribution in [1.82, 2.24) is 10.1 Å². The topological polar surface area (TPSA) is 64.9 Å². The van der Waals surface area contributed by atoms with Gasteiger partial charge in [-0.15, -0.1) is 12.4 Å². The highest BCUT2D eigenvalue weighted by molar-refractivity contribution is 5.85. The van der Waals surface area contributed by atoms with Crippen LogP contribution in [0.2, 0.25) is 0 Å². The van der Waals surface area contributed by atoms with E-state index in [1.165, 1.54) is 0 Å². The van der Waals surface area contributed by atoms with Gasteiger partial charge in [0.2, 0.25) is 5.89 Å². The molecule has 0 aliphatic heterocycles. The van der Waals surface area contributed by atoms with E-state index in [9.17, 15) is 0 Å². The van der Waals surface area contributed by atoms with Crippen molar-refractivity contribution in [2.24, 2.45) is 5.73 Å². The summed E-state index contributed by atoms with van der Waals surface area (Å²) in [4.78, 5) is 4.03. The van der Waals surface area contributed by atoms with Crippen LogP contribution < -0.4 is 5.73 Å². The average molecular weight is 192 g/mol. The van der Waals surface area contributed by atoms with Crippen LogP contribution in [0.1, 0.15) is 37.5 Å². The van der Waals surface area contributed by atoms with Gasteiger partial charge in [-0.25, -0.2) is 0 Å². The van der Waals surface area contributed by atoms with Crippen LogP contribution in [-0.4, -0.2) is 10.1 Å². The Balaban J connectivity index is 0.00000121. The third kappa shape index (κ3) is 2.79. The summed E-state index contributed by atoms with van der Waals surface area (Å²) in [6, 6.07) is -0.0718. The van der Waals surface area contributed by atoms with E-state index in [0.717, 1.165) is 12.8 Å². The first-order chi connectivity index (χ1) is 5.24. The number of halogens is 1. The minimum atomic E-state index is -0.0718. The summed E-state index contributed by atoms with van der Waals surface area (Å²) in [5.74, 6) is 1.19. The number of nitrogens with two attached hydrogens (primary N) is 1. The zero-order chi connectivity index (χ0) is 8.27. The largest absolute Gasteiger partial charge is 0.340 e. The molecule has 12 heavy (non-hydrogen) atoms. The van der Waals surface area contributed by atoms with Crippen LogP contribution in [-0.2, 0) is 0 Å². The van der Waals surface area contributed by atoms with Gasteiger partial charge in [0.25, 0.3) is 0 Å². The van der Waals surface area contributed by atoms with Gasteiger partial charge in [0, 0.05) is 6.92 Å². The Bertz CT molecular complexity index is 226. The Hall–Kier alpha value is -0.610. The van der Waals surface area contributed by atoms with Gasteiger partial charge in [-0.1, -0.05) is 18.5 Å². The highest BCUT2D eigenvalue weighted by atomic mass is 35.5. The van der Waals surface area contributed by atoms with Gasteiger partial charge in [0.1, 0.15) is 0 Å². The molecule has 0 bridgehead atoms. The number of nitrogens with zero attached hydrogens (tertiary/aromatic N) is 2. The third-order valence-electron chi connectivity index (χ3n) is 1.47. The monoisotopic (exact) mass is 191 g/mol. The Kier molecular flexibility index (Phi) is 4.85. The molecular weight excluding hydrogens is 178 g/mol. The lowest BCUT2D eigenvalue weighted by Gasteiger charge is -2.02. The SMILES string of the molecule is CCCC(N)c1noc(C)n1.Cl. The number of rotatable bonds is 3. The first-order valence-electron chi connectivity index (χ1n) is 3.79. The normalized spacial score (nSPS) is 12.2. The molecule has 70 valence electrons. The lowest BCUT2D eigenvalue weighted by atomic mass is 10.2. The van der Waals surface area contributed by atoms with E-state index in [0.29, 0.717) is 11.7 Å². The molecule has 1 heterocycles. The van der Waals surface area contributed by atoms with Crippen molar-refractivity contribution in [3.8, 4) is 0 Å². The predicted octanol–water partition coefficient (Wildman–Crippen LogP) is 1.60. The van der Waals surface area contributed by atoms with Crippen molar-refractivity contribution in [2.75, 3.05) is 0 Å². The second-order valence-electron chi connectivity index (χ2n) is 2.57. The first kappa shape index (κ1) is 11.4. The molecule has 1 aromatic heterocycles. The van der Waals surface area contributed by atoms with Crippen LogP contribution in [0.4, 0.5) is 0 Å². The average Bonchev–Trinajstić information content (AvgIpc) is 2.36. The van der Waals surface area contributed by atoms with E-state index in [4.69, 9.17) is 10.3 Å². The number of aryl methyl sites for hydroxylation is 1. The molecule has 1 atom stereocenters. The molecule has 0 aromatic carbocycles. The van der Waals surface area contributed by atoms with Crippen LogP contribution in [0.5, 0.6) is 0 Å². The van der Waals surface area contributed by atoms with Gasteiger partial charge in [-0.3, -0.25) is 0 Å². The van der Waals surface area contributed by atoms with Crippen molar-refractivity contribution in [2.45, 2.75) is 32.7 Å². The molecule has 1 unspecified atom stereocenters. The third-order valence-corrected chi connectivity index (χ3v) is 1.47. The van der Waals surface area contributed by atoms with E-state index < -0.39 is 0 Å². The second-order valence-corrected chi connectivity index (χ2v) is 2.57. The molecular formula is C7H14ClN3O. The Morgan fingerprint density at radius 2 is 2.25 bits per heavy atom. The molecule has 2 N–H and O–H groups in total. The molecule has 0 spiro atoms. The highest BCUT2D eigenvalue weighted by Crippen LogP contribution is 2.10. The summed E-state index contributed by atoms with van der Waals surface area (Å²) in [6.07, 6.45) is 1.94. The zero-order valence-corrected chi connectivity index (χ0v) is 8.10. The van der Waals surface area contributed by atoms with Crippen molar-refractivity contribution in [3.63, 3.8) is 0 Å². The Morgan fingerprint density at radius 1 is 1.58 bits per heavy atom. The lowest BCUT2D eigenvalue weighted by Crippen LogP contribution is -2.11. The minimum absolute atomic E-state index is 0. The molecule has 0 fully saturated rings. The first-order valence-corrected chi connectivity index (χ1v) is 3.79. The fourth-order valence-corrected chi connectivity index (χ4v) is 0.906. The maximum absolute atomic E-state index is 5.73. The van der Waals surface area contributed by atoms with Crippen molar-refractivity contribution >= 4 is 12.4 Å². The molecule has 1 aromatic rings. The second kappa shape index (κ2) is 5.11. The van der Waals surface area contributed by atoms with Crippen molar-refractivity contribution in [3.05, 3.63) is 11.7 Å². The van der Waals surface area contributed by atoms with Crippen molar-refractivity contribution < 1.29 is 4.52 Å². The van der Waals surface area contributed by atoms with Crippen molar-refractivity contribution in [1.29, 1.82) is 0 Å². The molecule has 0 aliphatic carbocycles. The summed E-state index contributed by atoms with van der Waals surface area (Å²) in [5, 5.41) is 3.72. The fraction of sp³-hybridized carbons (Fsp3) is 0.714. The summed E-state index contributed by atoms with van der Waals surface area (Å²) >= 11 is 0. The van der Waals surface area contributed by atoms with Gasteiger partial charge < -0.3 is 10.3 Å². The number of hydrogen-bond donors (Lipinski definition) is 1. The van der Waals surface area contributed by atoms with Gasteiger partial charge >= 0.3 is 0 Å². The fourth-order valence-electron chi connectivity index (χ4n) is 0.906. The van der Waals surface area contributed by atoms with Gasteiger partial charge in [0.15, 0.2) is 5.82 Å². The van der Waals surface area contributed by atoms with E-state index >= 15 is 0 Å².